The van der Waals surface area contributed by atoms with Gasteiger partial charge < -0.3 is 10.8 Å². The second-order valence-corrected chi connectivity index (χ2v) is 7.44. The first-order valence-electron chi connectivity index (χ1n) is 7.43. The van der Waals surface area contributed by atoms with Crippen molar-refractivity contribution in [2.24, 2.45) is 5.73 Å². The Kier molecular flexibility index (Phi) is 5.37. The maximum absolute atomic E-state index is 13.0. The van der Waals surface area contributed by atoms with E-state index in [2.05, 4.69) is 0 Å². The van der Waals surface area contributed by atoms with Gasteiger partial charge in [-0.15, -0.1) is 0 Å². The monoisotopic (exact) mass is 312 g/mol. The summed E-state index contributed by atoms with van der Waals surface area (Å²) in [5.74, 6) is 0. The SMILES string of the molecule is Cc1ccc(CN)cc1S(=O)(=O)N(CCCO)C1CCC1. The average molecular weight is 312 g/mol. The summed E-state index contributed by atoms with van der Waals surface area (Å²) < 4.78 is 27.5. The lowest BCUT2D eigenvalue weighted by Crippen LogP contribution is -2.45. The lowest BCUT2D eigenvalue weighted by molar-refractivity contribution is 0.198. The summed E-state index contributed by atoms with van der Waals surface area (Å²) >= 11 is 0. The van der Waals surface area contributed by atoms with Crippen molar-refractivity contribution >= 4 is 10.0 Å². The molecule has 0 spiro atoms. The van der Waals surface area contributed by atoms with Crippen molar-refractivity contribution in [3.63, 3.8) is 0 Å². The molecule has 0 amide bonds. The fourth-order valence-corrected chi connectivity index (χ4v) is 4.58. The van der Waals surface area contributed by atoms with E-state index in [4.69, 9.17) is 10.8 Å². The van der Waals surface area contributed by atoms with Gasteiger partial charge in [0, 0.05) is 25.7 Å². The number of aryl methyl sites for hydroxylation is 1. The molecule has 6 heteroatoms. The maximum atomic E-state index is 13.0. The normalized spacial score (nSPS) is 16.2. The second kappa shape index (κ2) is 6.87. The van der Waals surface area contributed by atoms with Gasteiger partial charge in [0.05, 0.1) is 4.90 Å². The molecule has 1 aliphatic carbocycles. The first kappa shape index (κ1) is 16.4. The van der Waals surface area contributed by atoms with Crippen LogP contribution in [-0.2, 0) is 16.6 Å². The van der Waals surface area contributed by atoms with Crippen LogP contribution in [0.3, 0.4) is 0 Å². The first-order valence-corrected chi connectivity index (χ1v) is 8.87. The highest BCUT2D eigenvalue weighted by molar-refractivity contribution is 7.89. The Morgan fingerprint density at radius 1 is 1.38 bits per heavy atom. The number of sulfonamides is 1. The van der Waals surface area contributed by atoms with Gasteiger partial charge in [-0.25, -0.2) is 8.42 Å². The van der Waals surface area contributed by atoms with Gasteiger partial charge in [-0.05, 0) is 43.4 Å². The quantitative estimate of drug-likeness (QED) is 0.796. The van der Waals surface area contributed by atoms with Gasteiger partial charge in [-0.1, -0.05) is 18.6 Å². The van der Waals surface area contributed by atoms with E-state index in [-0.39, 0.29) is 12.6 Å². The Morgan fingerprint density at radius 2 is 2.10 bits per heavy atom. The summed E-state index contributed by atoms with van der Waals surface area (Å²) in [5.41, 5.74) is 7.18. The summed E-state index contributed by atoms with van der Waals surface area (Å²) in [6.45, 7) is 2.50. The van der Waals surface area contributed by atoms with Crippen molar-refractivity contribution in [2.45, 2.75) is 50.1 Å². The number of nitrogens with zero attached hydrogens (tertiary/aromatic N) is 1. The molecule has 2 rings (SSSR count). The van der Waals surface area contributed by atoms with Crippen LogP contribution in [0.25, 0.3) is 0 Å². The number of aliphatic hydroxyl groups is 1. The van der Waals surface area contributed by atoms with Crippen LogP contribution < -0.4 is 5.73 Å². The zero-order valence-corrected chi connectivity index (χ0v) is 13.3. The summed E-state index contributed by atoms with van der Waals surface area (Å²) in [7, 11) is -3.53. The highest BCUT2D eigenvalue weighted by atomic mass is 32.2. The van der Waals surface area contributed by atoms with Gasteiger partial charge in [0.15, 0.2) is 0 Å². The molecule has 0 aliphatic heterocycles. The Hall–Kier alpha value is -0.950. The molecule has 21 heavy (non-hydrogen) atoms. The van der Waals surface area contributed by atoms with E-state index in [0.29, 0.717) is 24.4 Å². The molecule has 118 valence electrons. The average Bonchev–Trinajstić information content (AvgIpc) is 2.41. The molecule has 1 aliphatic rings. The van der Waals surface area contributed by atoms with Gasteiger partial charge in [-0.3, -0.25) is 0 Å². The largest absolute Gasteiger partial charge is 0.396 e. The van der Waals surface area contributed by atoms with Crippen molar-refractivity contribution in [3.05, 3.63) is 29.3 Å². The lowest BCUT2D eigenvalue weighted by Gasteiger charge is -2.36. The van der Waals surface area contributed by atoms with Crippen molar-refractivity contribution in [3.8, 4) is 0 Å². The molecule has 0 aromatic heterocycles. The first-order chi connectivity index (χ1) is 10.0. The third-order valence-electron chi connectivity index (χ3n) is 4.09. The molecule has 3 N–H and O–H groups in total. The fraction of sp³-hybridized carbons (Fsp3) is 0.600. The van der Waals surface area contributed by atoms with Crippen molar-refractivity contribution in [2.75, 3.05) is 13.2 Å². The van der Waals surface area contributed by atoms with Gasteiger partial charge in [0.2, 0.25) is 10.0 Å². The zero-order valence-electron chi connectivity index (χ0n) is 12.5. The molecule has 1 saturated carbocycles. The molecule has 1 aromatic rings. The molecule has 0 saturated heterocycles. The molecular formula is C15H24N2O3S. The summed E-state index contributed by atoms with van der Waals surface area (Å²) in [5, 5.41) is 9.02. The molecule has 0 radical (unpaired) electrons. The summed E-state index contributed by atoms with van der Waals surface area (Å²) in [6.07, 6.45) is 3.34. The molecule has 0 atom stereocenters. The van der Waals surface area contributed by atoms with E-state index in [1.54, 1.807) is 23.4 Å². The third kappa shape index (κ3) is 3.45. The predicted octanol–water partition coefficient (Wildman–Crippen LogP) is 1.38. The molecule has 1 aromatic carbocycles. The van der Waals surface area contributed by atoms with Crippen molar-refractivity contribution in [1.29, 1.82) is 0 Å². The van der Waals surface area contributed by atoms with Crippen LogP contribution in [0, 0.1) is 6.92 Å². The number of aliphatic hydroxyl groups excluding tert-OH is 1. The van der Waals surface area contributed by atoms with Gasteiger partial charge in [-0.2, -0.15) is 4.31 Å². The van der Waals surface area contributed by atoms with E-state index in [1.165, 1.54) is 0 Å². The number of hydrogen-bond donors (Lipinski definition) is 2. The van der Waals surface area contributed by atoms with Crippen molar-refractivity contribution < 1.29 is 13.5 Å². The molecule has 1 fully saturated rings. The lowest BCUT2D eigenvalue weighted by atomic mass is 9.93. The van der Waals surface area contributed by atoms with Crippen LogP contribution >= 0.6 is 0 Å². The van der Waals surface area contributed by atoms with Gasteiger partial charge >= 0.3 is 0 Å². The van der Waals surface area contributed by atoms with Crippen LogP contribution in [0.15, 0.2) is 23.1 Å². The topological polar surface area (TPSA) is 83.6 Å². The third-order valence-corrected chi connectivity index (χ3v) is 6.19. The van der Waals surface area contributed by atoms with E-state index < -0.39 is 10.0 Å². The van der Waals surface area contributed by atoms with E-state index in [0.717, 1.165) is 30.4 Å². The smallest absolute Gasteiger partial charge is 0.243 e. The number of rotatable bonds is 7. The van der Waals surface area contributed by atoms with Crippen LogP contribution in [-0.4, -0.2) is 37.0 Å². The number of benzene rings is 1. The number of nitrogens with two attached hydrogens (primary N) is 1. The van der Waals surface area contributed by atoms with Gasteiger partial charge in [0.1, 0.15) is 0 Å². The highest BCUT2D eigenvalue weighted by Gasteiger charge is 2.35. The predicted molar refractivity (Wildman–Crippen MR) is 82.3 cm³/mol. The second-order valence-electron chi connectivity index (χ2n) is 5.58. The van der Waals surface area contributed by atoms with Crippen LogP contribution in [0.5, 0.6) is 0 Å². The minimum absolute atomic E-state index is 0.000557. The van der Waals surface area contributed by atoms with Crippen LogP contribution in [0.1, 0.15) is 36.8 Å². The van der Waals surface area contributed by atoms with E-state index in [9.17, 15) is 8.42 Å². The van der Waals surface area contributed by atoms with E-state index >= 15 is 0 Å². The fourth-order valence-electron chi connectivity index (χ4n) is 2.58. The van der Waals surface area contributed by atoms with Crippen molar-refractivity contribution in [1.82, 2.24) is 4.31 Å². The maximum Gasteiger partial charge on any atom is 0.243 e. The Labute approximate surface area is 126 Å². The molecule has 5 nitrogen and oxygen atoms in total. The van der Waals surface area contributed by atoms with Crippen LogP contribution in [0.4, 0.5) is 0 Å². The van der Waals surface area contributed by atoms with E-state index in [1.807, 2.05) is 6.07 Å². The minimum Gasteiger partial charge on any atom is -0.396 e. The Balaban J connectivity index is 2.37. The molecule has 0 bridgehead atoms. The highest BCUT2D eigenvalue weighted by Crippen LogP contribution is 2.31. The zero-order chi connectivity index (χ0) is 15.5. The standard InChI is InChI=1S/C15H24N2O3S/c1-12-6-7-13(11-16)10-15(12)21(19,20)17(8-3-9-18)14-4-2-5-14/h6-7,10,14,18H,2-5,8-9,11,16H2,1H3. The molecule has 0 unspecified atom stereocenters. The Bertz CT molecular complexity index is 583. The van der Waals surface area contributed by atoms with Crippen LogP contribution in [0.2, 0.25) is 0 Å². The minimum atomic E-state index is -3.53. The summed E-state index contributed by atoms with van der Waals surface area (Å²) in [6, 6.07) is 5.41. The number of hydrogen-bond acceptors (Lipinski definition) is 4. The Morgan fingerprint density at radius 3 is 2.62 bits per heavy atom. The molecular weight excluding hydrogens is 288 g/mol. The molecule has 0 heterocycles. The summed E-state index contributed by atoms with van der Waals surface area (Å²) in [4.78, 5) is 0.343. The van der Waals surface area contributed by atoms with Gasteiger partial charge in [0.25, 0.3) is 0 Å².